The van der Waals surface area contributed by atoms with E-state index in [1.165, 1.54) is 12.1 Å². The lowest BCUT2D eigenvalue weighted by molar-refractivity contribution is -0.119. The summed E-state index contributed by atoms with van der Waals surface area (Å²) in [6.45, 7) is 1.74. The van der Waals surface area contributed by atoms with Crippen LogP contribution in [0.4, 0.5) is 10.1 Å². The molecular formula is C16H14Cl2FN3O. The molecular weight excluding hydrogens is 340 g/mol. The van der Waals surface area contributed by atoms with Crippen molar-refractivity contribution in [2.24, 2.45) is 5.10 Å². The molecule has 0 saturated carbocycles. The van der Waals surface area contributed by atoms with Crippen LogP contribution in [0.5, 0.6) is 0 Å². The van der Waals surface area contributed by atoms with Gasteiger partial charge in [-0.05, 0) is 43.3 Å². The van der Waals surface area contributed by atoms with Crippen LogP contribution in [0.2, 0.25) is 10.0 Å². The topological polar surface area (TPSA) is 53.5 Å². The van der Waals surface area contributed by atoms with Crippen molar-refractivity contribution in [3.63, 3.8) is 0 Å². The van der Waals surface area contributed by atoms with E-state index < -0.39 is 0 Å². The van der Waals surface area contributed by atoms with Crippen molar-refractivity contribution in [1.29, 1.82) is 0 Å². The molecule has 120 valence electrons. The Hall–Kier alpha value is -2.11. The number of halogens is 3. The van der Waals surface area contributed by atoms with Gasteiger partial charge in [0, 0.05) is 16.3 Å². The van der Waals surface area contributed by atoms with E-state index in [0.29, 0.717) is 27.0 Å². The monoisotopic (exact) mass is 353 g/mol. The average Bonchev–Trinajstić information content (AvgIpc) is 2.52. The SMILES string of the molecule is C/C(=N/NC(=O)CNc1ccc(F)cc1)c1ccc(Cl)cc1Cl. The van der Waals surface area contributed by atoms with Gasteiger partial charge in [-0.3, -0.25) is 4.79 Å². The maximum atomic E-state index is 12.8. The maximum Gasteiger partial charge on any atom is 0.259 e. The second-order valence-corrected chi connectivity index (χ2v) is 5.56. The van der Waals surface area contributed by atoms with Crippen LogP contribution in [0.1, 0.15) is 12.5 Å². The molecule has 2 aromatic carbocycles. The van der Waals surface area contributed by atoms with Gasteiger partial charge in [0.1, 0.15) is 5.82 Å². The van der Waals surface area contributed by atoms with E-state index in [2.05, 4.69) is 15.8 Å². The van der Waals surface area contributed by atoms with E-state index in [1.807, 2.05) is 0 Å². The molecule has 4 nitrogen and oxygen atoms in total. The summed E-state index contributed by atoms with van der Waals surface area (Å²) in [6, 6.07) is 10.7. The number of carbonyl (C=O) groups is 1. The molecule has 0 saturated heterocycles. The molecule has 0 atom stereocenters. The molecule has 2 rings (SSSR count). The Kier molecular flexibility index (Phi) is 5.96. The summed E-state index contributed by atoms with van der Waals surface area (Å²) in [6.07, 6.45) is 0. The summed E-state index contributed by atoms with van der Waals surface area (Å²) in [4.78, 5) is 11.7. The van der Waals surface area contributed by atoms with Gasteiger partial charge < -0.3 is 5.32 Å². The highest BCUT2D eigenvalue weighted by Gasteiger charge is 2.06. The first-order chi connectivity index (χ1) is 11.0. The number of carbonyl (C=O) groups excluding carboxylic acids is 1. The van der Waals surface area contributed by atoms with Crippen LogP contribution in [0.3, 0.4) is 0 Å². The van der Waals surface area contributed by atoms with E-state index in [1.54, 1.807) is 37.3 Å². The third-order valence-corrected chi connectivity index (χ3v) is 3.51. The lowest BCUT2D eigenvalue weighted by Crippen LogP contribution is -2.26. The zero-order valence-corrected chi connectivity index (χ0v) is 13.7. The van der Waals surface area contributed by atoms with Gasteiger partial charge in [-0.15, -0.1) is 0 Å². The van der Waals surface area contributed by atoms with E-state index in [-0.39, 0.29) is 18.3 Å². The predicted octanol–water partition coefficient (Wildman–Crippen LogP) is 4.08. The third kappa shape index (κ3) is 5.23. The number of hydrazone groups is 1. The predicted molar refractivity (Wildman–Crippen MR) is 91.7 cm³/mol. The van der Waals surface area contributed by atoms with Crippen LogP contribution in [0.15, 0.2) is 47.6 Å². The molecule has 0 heterocycles. The molecule has 0 aliphatic heterocycles. The molecule has 2 aromatic rings. The Morgan fingerprint density at radius 1 is 1.17 bits per heavy atom. The number of benzene rings is 2. The highest BCUT2D eigenvalue weighted by molar-refractivity contribution is 6.37. The summed E-state index contributed by atoms with van der Waals surface area (Å²) in [5.74, 6) is -0.668. The number of nitrogens with zero attached hydrogens (tertiary/aromatic N) is 1. The molecule has 0 aliphatic carbocycles. The third-order valence-electron chi connectivity index (χ3n) is 2.97. The molecule has 0 radical (unpaired) electrons. The summed E-state index contributed by atoms with van der Waals surface area (Å²) < 4.78 is 12.8. The molecule has 1 amide bonds. The lowest BCUT2D eigenvalue weighted by atomic mass is 10.1. The van der Waals surface area contributed by atoms with Crippen LogP contribution in [0, 0.1) is 5.82 Å². The minimum atomic E-state index is -0.334. The normalized spacial score (nSPS) is 11.2. The van der Waals surface area contributed by atoms with Crippen LogP contribution in [-0.2, 0) is 4.79 Å². The van der Waals surface area contributed by atoms with E-state index >= 15 is 0 Å². The van der Waals surface area contributed by atoms with Crippen LogP contribution < -0.4 is 10.7 Å². The Morgan fingerprint density at radius 3 is 2.52 bits per heavy atom. The summed E-state index contributed by atoms with van der Waals surface area (Å²) in [7, 11) is 0. The largest absolute Gasteiger partial charge is 0.376 e. The van der Waals surface area contributed by atoms with Crippen molar-refractivity contribution in [3.05, 3.63) is 63.9 Å². The number of rotatable bonds is 5. The minimum absolute atomic E-state index is 0.0107. The molecule has 0 bridgehead atoms. The Labute approximate surface area is 143 Å². The highest BCUT2D eigenvalue weighted by atomic mass is 35.5. The van der Waals surface area contributed by atoms with Crippen molar-refractivity contribution in [2.75, 3.05) is 11.9 Å². The fourth-order valence-corrected chi connectivity index (χ4v) is 2.32. The second kappa shape index (κ2) is 7.94. The van der Waals surface area contributed by atoms with Crippen molar-refractivity contribution in [2.45, 2.75) is 6.92 Å². The van der Waals surface area contributed by atoms with Crippen LogP contribution in [0.25, 0.3) is 0 Å². The average molecular weight is 354 g/mol. The van der Waals surface area contributed by atoms with Crippen molar-refractivity contribution < 1.29 is 9.18 Å². The first-order valence-electron chi connectivity index (χ1n) is 6.73. The molecule has 0 spiro atoms. The van der Waals surface area contributed by atoms with Crippen molar-refractivity contribution >= 4 is 40.5 Å². The fourth-order valence-electron chi connectivity index (χ4n) is 1.78. The smallest absolute Gasteiger partial charge is 0.259 e. The van der Waals surface area contributed by atoms with Gasteiger partial charge in [0.05, 0.1) is 17.3 Å². The Morgan fingerprint density at radius 2 is 1.87 bits per heavy atom. The molecule has 7 heteroatoms. The lowest BCUT2D eigenvalue weighted by Gasteiger charge is -2.07. The van der Waals surface area contributed by atoms with Gasteiger partial charge in [-0.1, -0.05) is 29.3 Å². The van der Waals surface area contributed by atoms with E-state index in [9.17, 15) is 9.18 Å². The number of anilines is 1. The van der Waals surface area contributed by atoms with Gasteiger partial charge in [0.2, 0.25) is 0 Å². The van der Waals surface area contributed by atoms with E-state index in [0.717, 1.165) is 0 Å². The minimum Gasteiger partial charge on any atom is -0.376 e. The number of hydrogen-bond donors (Lipinski definition) is 2. The van der Waals surface area contributed by atoms with Gasteiger partial charge in [-0.25, -0.2) is 9.82 Å². The molecule has 2 N–H and O–H groups in total. The molecule has 0 fully saturated rings. The molecule has 0 unspecified atom stereocenters. The molecule has 0 aliphatic rings. The van der Waals surface area contributed by atoms with Gasteiger partial charge in [0.25, 0.3) is 5.91 Å². The first-order valence-corrected chi connectivity index (χ1v) is 7.49. The second-order valence-electron chi connectivity index (χ2n) is 4.72. The van der Waals surface area contributed by atoms with Gasteiger partial charge in [-0.2, -0.15) is 5.10 Å². The van der Waals surface area contributed by atoms with E-state index in [4.69, 9.17) is 23.2 Å². The quantitative estimate of drug-likeness (QED) is 0.628. The number of nitrogens with one attached hydrogen (secondary N) is 2. The Balaban J connectivity index is 1.90. The number of amides is 1. The zero-order valence-electron chi connectivity index (χ0n) is 12.2. The van der Waals surface area contributed by atoms with Crippen LogP contribution in [-0.4, -0.2) is 18.2 Å². The van der Waals surface area contributed by atoms with Crippen LogP contribution >= 0.6 is 23.2 Å². The maximum absolute atomic E-state index is 12.8. The van der Waals surface area contributed by atoms with Gasteiger partial charge in [0.15, 0.2) is 0 Å². The summed E-state index contributed by atoms with van der Waals surface area (Å²) in [5, 5.41) is 7.85. The summed E-state index contributed by atoms with van der Waals surface area (Å²) in [5.41, 5.74) is 4.31. The highest BCUT2D eigenvalue weighted by Crippen LogP contribution is 2.21. The molecule has 0 aromatic heterocycles. The van der Waals surface area contributed by atoms with Crippen molar-refractivity contribution in [3.8, 4) is 0 Å². The van der Waals surface area contributed by atoms with Crippen molar-refractivity contribution in [1.82, 2.24) is 5.43 Å². The Bertz CT molecular complexity index is 733. The summed E-state index contributed by atoms with van der Waals surface area (Å²) >= 11 is 11.9. The number of hydrogen-bond acceptors (Lipinski definition) is 3. The zero-order chi connectivity index (χ0) is 16.8. The molecule has 23 heavy (non-hydrogen) atoms. The fraction of sp³-hybridized carbons (Fsp3) is 0.125. The van der Waals surface area contributed by atoms with Gasteiger partial charge >= 0.3 is 0 Å². The first kappa shape index (κ1) is 17.2. The standard InChI is InChI=1S/C16H14Cl2FN3O/c1-10(14-7-2-11(17)8-15(14)18)21-22-16(23)9-20-13-5-3-12(19)4-6-13/h2-8,20H,9H2,1H3,(H,22,23)/b21-10-.